The standard InChI is InChI=1S/C15H17P/c1-10-8-11(2)15(12(3)9-10)13-4-6-14(16)7-5-13/h4-9H,16H2,1-3H3. The average molecular weight is 228 g/mol. The molecule has 1 heteroatoms. The lowest BCUT2D eigenvalue weighted by atomic mass is 9.94. The lowest BCUT2D eigenvalue weighted by Crippen LogP contribution is -1.93. The van der Waals surface area contributed by atoms with Gasteiger partial charge in [-0.1, -0.05) is 42.0 Å². The zero-order valence-electron chi connectivity index (χ0n) is 10.0. The Bertz CT molecular complexity index is 486. The van der Waals surface area contributed by atoms with Crippen LogP contribution < -0.4 is 5.30 Å². The summed E-state index contributed by atoms with van der Waals surface area (Å²) in [5.41, 5.74) is 6.72. The summed E-state index contributed by atoms with van der Waals surface area (Å²) in [4.78, 5) is 0. The summed E-state index contributed by atoms with van der Waals surface area (Å²) < 4.78 is 0. The van der Waals surface area contributed by atoms with E-state index in [0.29, 0.717) is 0 Å². The molecule has 2 aromatic carbocycles. The first-order chi connectivity index (χ1) is 7.58. The Hall–Kier alpha value is -1.13. The van der Waals surface area contributed by atoms with Crippen molar-refractivity contribution in [3.05, 3.63) is 53.1 Å². The first-order valence-corrected chi connectivity index (χ1v) is 6.09. The predicted molar refractivity (Wildman–Crippen MR) is 75.4 cm³/mol. The topological polar surface area (TPSA) is 0 Å². The summed E-state index contributed by atoms with van der Waals surface area (Å²) >= 11 is 0. The van der Waals surface area contributed by atoms with Crippen LogP contribution in [0.2, 0.25) is 0 Å². The maximum atomic E-state index is 2.72. The molecular formula is C15H17P. The Kier molecular flexibility index (Phi) is 3.12. The molecule has 16 heavy (non-hydrogen) atoms. The third kappa shape index (κ3) is 2.18. The van der Waals surface area contributed by atoms with Gasteiger partial charge in [-0.3, -0.25) is 0 Å². The molecule has 0 radical (unpaired) electrons. The van der Waals surface area contributed by atoms with E-state index in [4.69, 9.17) is 0 Å². The molecule has 0 N–H and O–H groups in total. The van der Waals surface area contributed by atoms with E-state index >= 15 is 0 Å². The van der Waals surface area contributed by atoms with Gasteiger partial charge < -0.3 is 0 Å². The zero-order chi connectivity index (χ0) is 11.7. The number of rotatable bonds is 1. The van der Waals surface area contributed by atoms with Crippen LogP contribution in [-0.2, 0) is 0 Å². The number of aryl methyl sites for hydroxylation is 3. The Balaban J connectivity index is 2.60. The Morgan fingerprint density at radius 2 is 1.31 bits per heavy atom. The molecule has 1 atom stereocenters. The molecule has 2 aromatic rings. The number of hydrogen-bond acceptors (Lipinski definition) is 0. The smallest absolute Gasteiger partial charge is 0.0125 e. The molecule has 0 saturated carbocycles. The van der Waals surface area contributed by atoms with Crippen LogP contribution in [0.15, 0.2) is 36.4 Å². The van der Waals surface area contributed by atoms with Gasteiger partial charge in [0.2, 0.25) is 0 Å². The molecule has 0 bridgehead atoms. The first-order valence-electron chi connectivity index (χ1n) is 5.51. The van der Waals surface area contributed by atoms with Crippen molar-refractivity contribution in [2.45, 2.75) is 20.8 Å². The maximum Gasteiger partial charge on any atom is -0.0125 e. The molecule has 0 aliphatic heterocycles. The second-order valence-corrected chi connectivity index (χ2v) is 5.06. The van der Waals surface area contributed by atoms with Gasteiger partial charge in [0.25, 0.3) is 0 Å². The second-order valence-electron chi connectivity index (χ2n) is 4.40. The molecule has 0 fully saturated rings. The molecule has 2 rings (SSSR count). The van der Waals surface area contributed by atoms with Crippen LogP contribution in [0.1, 0.15) is 16.7 Å². The van der Waals surface area contributed by atoms with Crippen molar-refractivity contribution < 1.29 is 0 Å². The lowest BCUT2D eigenvalue weighted by Gasteiger charge is -2.11. The van der Waals surface area contributed by atoms with Gasteiger partial charge in [0.15, 0.2) is 0 Å². The second kappa shape index (κ2) is 4.39. The van der Waals surface area contributed by atoms with Crippen LogP contribution in [0.3, 0.4) is 0 Å². The van der Waals surface area contributed by atoms with Gasteiger partial charge in [-0.25, -0.2) is 0 Å². The predicted octanol–water partition coefficient (Wildman–Crippen LogP) is 3.78. The maximum absolute atomic E-state index is 2.72. The molecule has 0 nitrogen and oxygen atoms in total. The molecule has 0 aromatic heterocycles. The summed E-state index contributed by atoms with van der Waals surface area (Å²) in [6, 6.07) is 13.1. The fraction of sp³-hybridized carbons (Fsp3) is 0.200. The molecular weight excluding hydrogens is 211 g/mol. The Morgan fingerprint density at radius 1 is 0.812 bits per heavy atom. The molecule has 0 aliphatic rings. The fourth-order valence-corrected chi connectivity index (χ4v) is 2.48. The monoisotopic (exact) mass is 228 g/mol. The average Bonchev–Trinajstić information content (AvgIpc) is 2.19. The van der Waals surface area contributed by atoms with E-state index in [2.05, 4.69) is 66.4 Å². The minimum atomic E-state index is 1.23. The largest absolute Gasteiger partial charge is 0.106 e. The number of hydrogen-bond donors (Lipinski definition) is 0. The van der Waals surface area contributed by atoms with Crippen LogP contribution in [0, 0.1) is 20.8 Å². The van der Waals surface area contributed by atoms with E-state index in [1.165, 1.54) is 33.1 Å². The third-order valence-electron chi connectivity index (χ3n) is 2.88. The van der Waals surface area contributed by atoms with Gasteiger partial charge in [-0.2, -0.15) is 0 Å². The van der Waals surface area contributed by atoms with Crippen LogP contribution in [0.5, 0.6) is 0 Å². The van der Waals surface area contributed by atoms with Crippen molar-refractivity contribution in [2.75, 3.05) is 0 Å². The third-order valence-corrected chi connectivity index (χ3v) is 3.26. The zero-order valence-corrected chi connectivity index (χ0v) is 11.2. The van der Waals surface area contributed by atoms with Gasteiger partial charge in [-0.05, 0) is 48.3 Å². The lowest BCUT2D eigenvalue weighted by molar-refractivity contribution is 1.32. The molecule has 0 saturated heterocycles. The van der Waals surface area contributed by atoms with E-state index in [0.717, 1.165) is 0 Å². The SMILES string of the molecule is Cc1cc(C)c(-c2ccc(P)cc2)c(C)c1. The molecule has 1 unspecified atom stereocenters. The first kappa shape index (κ1) is 11.4. The van der Waals surface area contributed by atoms with Gasteiger partial charge in [0, 0.05) is 0 Å². The van der Waals surface area contributed by atoms with Crippen LogP contribution in [-0.4, -0.2) is 0 Å². The van der Waals surface area contributed by atoms with E-state index < -0.39 is 0 Å². The van der Waals surface area contributed by atoms with Crippen LogP contribution >= 0.6 is 9.24 Å². The normalized spacial score (nSPS) is 10.5. The Labute approximate surface area is 99.9 Å². The summed E-state index contributed by atoms with van der Waals surface area (Å²) in [5.74, 6) is 0. The minimum absolute atomic E-state index is 1.23. The number of benzene rings is 2. The Morgan fingerprint density at radius 3 is 1.81 bits per heavy atom. The summed E-state index contributed by atoms with van der Waals surface area (Å²) in [5, 5.41) is 1.23. The summed E-state index contributed by atoms with van der Waals surface area (Å²) in [6.07, 6.45) is 0. The van der Waals surface area contributed by atoms with E-state index in [-0.39, 0.29) is 0 Å². The van der Waals surface area contributed by atoms with Gasteiger partial charge in [0.05, 0.1) is 0 Å². The highest BCUT2D eigenvalue weighted by Gasteiger charge is 2.05. The van der Waals surface area contributed by atoms with Crippen LogP contribution in [0.4, 0.5) is 0 Å². The highest BCUT2D eigenvalue weighted by molar-refractivity contribution is 7.27. The van der Waals surface area contributed by atoms with E-state index in [1.54, 1.807) is 0 Å². The van der Waals surface area contributed by atoms with Gasteiger partial charge in [-0.15, -0.1) is 9.24 Å². The fourth-order valence-electron chi connectivity index (χ4n) is 2.29. The van der Waals surface area contributed by atoms with Crippen molar-refractivity contribution in [1.29, 1.82) is 0 Å². The molecule has 82 valence electrons. The molecule has 0 amide bonds. The highest BCUT2D eigenvalue weighted by atomic mass is 31.0. The molecule has 0 heterocycles. The van der Waals surface area contributed by atoms with Gasteiger partial charge >= 0.3 is 0 Å². The molecule has 0 spiro atoms. The summed E-state index contributed by atoms with van der Waals surface area (Å²) in [6.45, 7) is 6.52. The van der Waals surface area contributed by atoms with Crippen molar-refractivity contribution in [2.24, 2.45) is 0 Å². The van der Waals surface area contributed by atoms with Gasteiger partial charge in [0.1, 0.15) is 0 Å². The minimum Gasteiger partial charge on any atom is -0.106 e. The van der Waals surface area contributed by atoms with Crippen molar-refractivity contribution >= 4 is 14.5 Å². The van der Waals surface area contributed by atoms with Crippen molar-refractivity contribution in [1.82, 2.24) is 0 Å². The highest BCUT2D eigenvalue weighted by Crippen LogP contribution is 2.27. The summed E-state index contributed by atoms with van der Waals surface area (Å²) in [7, 11) is 2.72. The van der Waals surface area contributed by atoms with Crippen molar-refractivity contribution in [3.8, 4) is 11.1 Å². The van der Waals surface area contributed by atoms with E-state index in [1.807, 2.05) is 0 Å². The molecule has 0 aliphatic carbocycles. The van der Waals surface area contributed by atoms with Crippen molar-refractivity contribution in [3.63, 3.8) is 0 Å². The van der Waals surface area contributed by atoms with E-state index in [9.17, 15) is 0 Å². The quantitative estimate of drug-likeness (QED) is 0.652. The van der Waals surface area contributed by atoms with Crippen LogP contribution in [0.25, 0.3) is 11.1 Å².